The zero-order chi connectivity index (χ0) is 15.2. The largest absolute Gasteiger partial charge is 0.493 e. The van der Waals surface area contributed by atoms with E-state index < -0.39 is 0 Å². The van der Waals surface area contributed by atoms with Gasteiger partial charge in [0.05, 0.1) is 14.2 Å². The lowest BCUT2D eigenvalue weighted by molar-refractivity contribution is 0.354. The highest BCUT2D eigenvalue weighted by molar-refractivity contribution is 5.46. The number of methoxy groups -OCH3 is 2. The van der Waals surface area contributed by atoms with Crippen LogP contribution < -0.4 is 14.8 Å². The van der Waals surface area contributed by atoms with Gasteiger partial charge in [-0.05, 0) is 50.1 Å². The molecule has 0 saturated heterocycles. The number of aryl methyl sites for hydroxylation is 1. The van der Waals surface area contributed by atoms with Crippen molar-refractivity contribution < 1.29 is 9.47 Å². The molecule has 0 saturated carbocycles. The Kier molecular flexibility index (Phi) is 5.09. The summed E-state index contributed by atoms with van der Waals surface area (Å²) in [6.07, 6.45) is 0.925. The van der Waals surface area contributed by atoms with Gasteiger partial charge in [-0.25, -0.2) is 0 Å². The molecule has 21 heavy (non-hydrogen) atoms. The number of rotatable bonds is 6. The molecular formula is C18H23NO2. The highest BCUT2D eigenvalue weighted by Crippen LogP contribution is 2.28. The molecule has 0 radical (unpaired) electrons. The fourth-order valence-corrected chi connectivity index (χ4v) is 2.35. The third-order valence-electron chi connectivity index (χ3n) is 3.45. The SMILES string of the molecule is COc1ccc(CC(C)Nc2ccc(C)cc2)cc1OC. The van der Waals surface area contributed by atoms with Crippen molar-refractivity contribution in [1.82, 2.24) is 0 Å². The third kappa shape index (κ3) is 4.15. The summed E-state index contributed by atoms with van der Waals surface area (Å²) in [6.45, 7) is 4.27. The smallest absolute Gasteiger partial charge is 0.160 e. The van der Waals surface area contributed by atoms with E-state index >= 15 is 0 Å². The van der Waals surface area contributed by atoms with E-state index in [1.54, 1.807) is 14.2 Å². The van der Waals surface area contributed by atoms with Crippen molar-refractivity contribution in [3.05, 3.63) is 53.6 Å². The van der Waals surface area contributed by atoms with Crippen molar-refractivity contribution in [3.63, 3.8) is 0 Å². The predicted molar refractivity (Wildman–Crippen MR) is 87.5 cm³/mol. The number of nitrogens with one attached hydrogen (secondary N) is 1. The number of hydrogen-bond acceptors (Lipinski definition) is 3. The first-order chi connectivity index (χ1) is 10.1. The Labute approximate surface area is 126 Å². The minimum Gasteiger partial charge on any atom is -0.493 e. The average Bonchev–Trinajstić information content (AvgIpc) is 2.49. The van der Waals surface area contributed by atoms with Gasteiger partial charge in [-0.15, -0.1) is 0 Å². The monoisotopic (exact) mass is 285 g/mol. The Morgan fingerprint density at radius 3 is 2.24 bits per heavy atom. The summed E-state index contributed by atoms with van der Waals surface area (Å²) in [7, 11) is 3.31. The fraction of sp³-hybridized carbons (Fsp3) is 0.333. The lowest BCUT2D eigenvalue weighted by atomic mass is 10.1. The van der Waals surface area contributed by atoms with E-state index in [4.69, 9.17) is 9.47 Å². The summed E-state index contributed by atoms with van der Waals surface area (Å²) in [5.41, 5.74) is 3.64. The molecule has 3 nitrogen and oxygen atoms in total. The Balaban J connectivity index is 2.02. The van der Waals surface area contributed by atoms with Gasteiger partial charge >= 0.3 is 0 Å². The van der Waals surface area contributed by atoms with E-state index in [2.05, 4.69) is 49.5 Å². The number of hydrogen-bond donors (Lipinski definition) is 1. The topological polar surface area (TPSA) is 30.5 Å². The molecule has 2 rings (SSSR count). The van der Waals surface area contributed by atoms with E-state index in [1.807, 2.05) is 12.1 Å². The molecule has 2 aromatic rings. The number of anilines is 1. The van der Waals surface area contributed by atoms with Gasteiger partial charge in [0, 0.05) is 11.7 Å². The van der Waals surface area contributed by atoms with Gasteiger partial charge < -0.3 is 14.8 Å². The summed E-state index contributed by atoms with van der Waals surface area (Å²) in [6, 6.07) is 14.9. The van der Waals surface area contributed by atoms with Crippen LogP contribution in [0.3, 0.4) is 0 Å². The minimum absolute atomic E-state index is 0.339. The summed E-state index contributed by atoms with van der Waals surface area (Å²) in [4.78, 5) is 0. The molecule has 0 amide bonds. The summed E-state index contributed by atoms with van der Waals surface area (Å²) < 4.78 is 10.6. The molecule has 112 valence electrons. The quantitative estimate of drug-likeness (QED) is 0.868. The standard InChI is InChI=1S/C18H23NO2/c1-13-5-8-16(9-6-13)19-14(2)11-15-7-10-17(20-3)18(12-15)21-4/h5-10,12,14,19H,11H2,1-4H3. The Morgan fingerprint density at radius 1 is 0.952 bits per heavy atom. The van der Waals surface area contributed by atoms with Crippen LogP contribution in [0.2, 0.25) is 0 Å². The second-order valence-corrected chi connectivity index (χ2v) is 5.30. The van der Waals surface area contributed by atoms with Crippen molar-refractivity contribution in [2.75, 3.05) is 19.5 Å². The lowest BCUT2D eigenvalue weighted by Gasteiger charge is -2.16. The van der Waals surface area contributed by atoms with Crippen LogP contribution in [0.4, 0.5) is 5.69 Å². The fourth-order valence-electron chi connectivity index (χ4n) is 2.35. The van der Waals surface area contributed by atoms with Crippen LogP contribution in [-0.4, -0.2) is 20.3 Å². The molecule has 0 fully saturated rings. The maximum atomic E-state index is 5.34. The molecule has 0 aliphatic rings. The molecule has 1 atom stereocenters. The Hall–Kier alpha value is -2.16. The summed E-state index contributed by atoms with van der Waals surface area (Å²) in [5, 5.41) is 3.51. The van der Waals surface area contributed by atoms with E-state index in [1.165, 1.54) is 11.1 Å². The zero-order valence-corrected chi connectivity index (χ0v) is 13.1. The first-order valence-corrected chi connectivity index (χ1v) is 7.16. The van der Waals surface area contributed by atoms with Gasteiger partial charge in [0.1, 0.15) is 0 Å². The van der Waals surface area contributed by atoms with Crippen LogP contribution in [0, 0.1) is 6.92 Å². The molecule has 0 aliphatic carbocycles. The molecule has 1 N–H and O–H groups in total. The van der Waals surface area contributed by atoms with Gasteiger partial charge in [-0.1, -0.05) is 23.8 Å². The van der Waals surface area contributed by atoms with E-state index in [0.29, 0.717) is 6.04 Å². The molecule has 3 heteroatoms. The minimum atomic E-state index is 0.339. The molecular weight excluding hydrogens is 262 g/mol. The first-order valence-electron chi connectivity index (χ1n) is 7.16. The molecule has 0 bridgehead atoms. The first kappa shape index (κ1) is 15.2. The van der Waals surface area contributed by atoms with E-state index in [0.717, 1.165) is 23.6 Å². The summed E-state index contributed by atoms with van der Waals surface area (Å²) in [5.74, 6) is 1.54. The Morgan fingerprint density at radius 2 is 1.62 bits per heavy atom. The van der Waals surface area contributed by atoms with Crippen molar-refractivity contribution in [3.8, 4) is 11.5 Å². The summed E-state index contributed by atoms with van der Waals surface area (Å²) >= 11 is 0. The second kappa shape index (κ2) is 7.02. The molecule has 0 spiro atoms. The van der Waals surface area contributed by atoms with Crippen LogP contribution in [0.15, 0.2) is 42.5 Å². The van der Waals surface area contributed by atoms with Crippen molar-refractivity contribution in [2.24, 2.45) is 0 Å². The highest BCUT2D eigenvalue weighted by Gasteiger charge is 2.08. The van der Waals surface area contributed by atoms with Gasteiger partial charge in [0.25, 0.3) is 0 Å². The molecule has 1 unspecified atom stereocenters. The van der Waals surface area contributed by atoms with Crippen LogP contribution in [0.1, 0.15) is 18.1 Å². The Bertz CT molecular complexity index is 578. The van der Waals surface area contributed by atoms with Crippen LogP contribution in [-0.2, 0) is 6.42 Å². The predicted octanol–water partition coefficient (Wildman–Crippen LogP) is 4.06. The molecule has 0 heterocycles. The third-order valence-corrected chi connectivity index (χ3v) is 3.45. The van der Waals surface area contributed by atoms with Crippen molar-refractivity contribution in [1.29, 1.82) is 0 Å². The van der Waals surface area contributed by atoms with Gasteiger partial charge in [-0.2, -0.15) is 0 Å². The highest BCUT2D eigenvalue weighted by atomic mass is 16.5. The van der Waals surface area contributed by atoms with Crippen LogP contribution in [0.5, 0.6) is 11.5 Å². The maximum Gasteiger partial charge on any atom is 0.160 e. The molecule has 0 aromatic heterocycles. The molecule has 2 aromatic carbocycles. The van der Waals surface area contributed by atoms with Crippen molar-refractivity contribution in [2.45, 2.75) is 26.3 Å². The van der Waals surface area contributed by atoms with Crippen molar-refractivity contribution >= 4 is 5.69 Å². The number of ether oxygens (including phenoxy) is 2. The van der Waals surface area contributed by atoms with Crippen LogP contribution >= 0.6 is 0 Å². The van der Waals surface area contributed by atoms with E-state index in [9.17, 15) is 0 Å². The number of benzene rings is 2. The lowest BCUT2D eigenvalue weighted by Crippen LogP contribution is -2.18. The van der Waals surface area contributed by atoms with E-state index in [-0.39, 0.29) is 0 Å². The second-order valence-electron chi connectivity index (χ2n) is 5.30. The van der Waals surface area contributed by atoms with Crippen LogP contribution in [0.25, 0.3) is 0 Å². The zero-order valence-electron chi connectivity index (χ0n) is 13.1. The average molecular weight is 285 g/mol. The van der Waals surface area contributed by atoms with Gasteiger partial charge in [0.15, 0.2) is 11.5 Å². The maximum absolute atomic E-state index is 5.34. The van der Waals surface area contributed by atoms with Gasteiger partial charge in [-0.3, -0.25) is 0 Å². The van der Waals surface area contributed by atoms with Gasteiger partial charge in [0.2, 0.25) is 0 Å². The molecule has 0 aliphatic heterocycles. The normalized spacial score (nSPS) is 11.8.